The summed E-state index contributed by atoms with van der Waals surface area (Å²) in [5, 5.41) is 1.72. The molecule has 0 radical (unpaired) electrons. The zero-order valence-electron chi connectivity index (χ0n) is 17.6. The molecular formula is C23H24N4O3S2. The SMILES string of the molecule is O=C(CSc1ncnc2ccccc12)N1CCc2cc(S(=O)(=O)N3CCCCC3)ccc21. The van der Waals surface area contributed by atoms with Gasteiger partial charge in [0.05, 0.1) is 16.2 Å². The number of hydrogen-bond donors (Lipinski definition) is 0. The smallest absolute Gasteiger partial charge is 0.243 e. The van der Waals surface area contributed by atoms with Crippen molar-refractivity contribution in [1.29, 1.82) is 0 Å². The van der Waals surface area contributed by atoms with Gasteiger partial charge in [-0.2, -0.15) is 4.31 Å². The van der Waals surface area contributed by atoms with Gasteiger partial charge < -0.3 is 4.90 Å². The number of para-hydroxylation sites is 1. The Balaban J connectivity index is 1.31. The minimum absolute atomic E-state index is 0.0110. The minimum atomic E-state index is -3.48. The summed E-state index contributed by atoms with van der Waals surface area (Å²) in [5.41, 5.74) is 2.57. The number of hydrogen-bond acceptors (Lipinski definition) is 6. The number of fused-ring (bicyclic) bond motifs is 2. The van der Waals surface area contributed by atoms with Crippen molar-refractivity contribution in [2.24, 2.45) is 0 Å². The number of piperidine rings is 1. The second-order valence-corrected chi connectivity index (χ2v) is 10.9. The Labute approximate surface area is 191 Å². The molecule has 1 saturated heterocycles. The van der Waals surface area contributed by atoms with E-state index < -0.39 is 10.0 Å². The summed E-state index contributed by atoms with van der Waals surface area (Å²) in [6.45, 7) is 1.73. The molecule has 9 heteroatoms. The monoisotopic (exact) mass is 468 g/mol. The van der Waals surface area contributed by atoms with E-state index >= 15 is 0 Å². The fourth-order valence-electron chi connectivity index (χ4n) is 4.36. The van der Waals surface area contributed by atoms with Gasteiger partial charge in [0.15, 0.2) is 0 Å². The number of benzene rings is 2. The average Bonchev–Trinajstić information content (AvgIpc) is 3.26. The Morgan fingerprint density at radius 2 is 1.81 bits per heavy atom. The third-order valence-electron chi connectivity index (χ3n) is 6.04. The summed E-state index contributed by atoms with van der Waals surface area (Å²) < 4.78 is 27.6. The summed E-state index contributed by atoms with van der Waals surface area (Å²) >= 11 is 1.40. The molecule has 32 heavy (non-hydrogen) atoms. The maximum absolute atomic E-state index is 13.0. The molecule has 0 unspecified atom stereocenters. The predicted molar refractivity (Wildman–Crippen MR) is 125 cm³/mol. The molecule has 5 rings (SSSR count). The van der Waals surface area contributed by atoms with Gasteiger partial charge >= 0.3 is 0 Å². The highest BCUT2D eigenvalue weighted by Crippen LogP contribution is 2.33. The van der Waals surface area contributed by atoms with Crippen LogP contribution in [0.4, 0.5) is 5.69 Å². The predicted octanol–water partition coefficient (Wildman–Crippen LogP) is 3.49. The number of anilines is 1. The van der Waals surface area contributed by atoms with E-state index in [-0.39, 0.29) is 11.7 Å². The Hall–Kier alpha value is -2.49. The van der Waals surface area contributed by atoms with Gasteiger partial charge in [-0.15, -0.1) is 0 Å². The largest absolute Gasteiger partial charge is 0.311 e. The highest BCUT2D eigenvalue weighted by Gasteiger charge is 2.30. The van der Waals surface area contributed by atoms with E-state index in [0.717, 1.165) is 46.4 Å². The topological polar surface area (TPSA) is 83.5 Å². The van der Waals surface area contributed by atoms with Crippen LogP contribution in [-0.2, 0) is 21.2 Å². The third kappa shape index (κ3) is 4.00. The number of thioether (sulfide) groups is 1. The lowest BCUT2D eigenvalue weighted by molar-refractivity contribution is -0.116. The van der Waals surface area contributed by atoms with E-state index in [0.29, 0.717) is 31.0 Å². The van der Waals surface area contributed by atoms with E-state index in [9.17, 15) is 13.2 Å². The molecule has 0 bridgehead atoms. The molecule has 2 aliphatic heterocycles. The van der Waals surface area contributed by atoms with Gasteiger partial charge in [-0.05, 0) is 49.1 Å². The van der Waals surface area contributed by atoms with E-state index in [1.54, 1.807) is 27.4 Å². The summed E-state index contributed by atoms with van der Waals surface area (Å²) in [6, 6.07) is 12.9. The molecule has 1 aromatic heterocycles. The van der Waals surface area contributed by atoms with Crippen LogP contribution in [-0.4, -0.2) is 54.0 Å². The van der Waals surface area contributed by atoms with Crippen molar-refractivity contribution < 1.29 is 13.2 Å². The zero-order valence-corrected chi connectivity index (χ0v) is 19.2. The standard InChI is InChI=1S/C23H24N4O3S2/c28-22(15-31-23-19-6-2-3-7-20(19)24-16-25-23)27-13-10-17-14-18(8-9-21(17)27)32(29,30)26-11-4-1-5-12-26/h2-3,6-9,14,16H,1,4-5,10-13,15H2. The van der Waals surface area contributed by atoms with Gasteiger partial charge in [0.2, 0.25) is 15.9 Å². The van der Waals surface area contributed by atoms with Crippen molar-refractivity contribution in [3.05, 3.63) is 54.4 Å². The van der Waals surface area contributed by atoms with Gasteiger partial charge in [0.1, 0.15) is 11.4 Å². The second-order valence-electron chi connectivity index (χ2n) is 8.04. The molecule has 7 nitrogen and oxygen atoms in total. The number of rotatable bonds is 5. The molecule has 0 aliphatic carbocycles. The van der Waals surface area contributed by atoms with Crippen LogP contribution in [0, 0.1) is 0 Å². The molecule has 0 spiro atoms. The maximum atomic E-state index is 13.0. The lowest BCUT2D eigenvalue weighted by atomic mass is 10.2. The Kier molecular flexibility index (Phi) is 5.88. The van der Waals surface area contributed by atoms with Crippen molar-refractivity contribution >= 4 is 44.3 Å². The van der Waals surface area contributed by atoms with E-state index in [1.165, 1.54) is 18.1 Å². The Morgan fingerprint density at radius 1 is 1.00 bits per heavy atom. The highest BCUT2D eigenvalue weighted by molar-refractivity contribution is 8.00. The Bertz CT molecular complexity index is 1270. The molecule has 0 saturated carbocycles. The van der Waals surface area contributed by atoms with Gasteiger partial charge in [-0.25, -0.2) is 18.4 Å². The maximum Gasteiger partial charge on any atom is 0.243 e. The summed E-state index contributed by atoms with van der Waals surface area (Å²) in [5.74, 6) is 0.247. The number of carbonyl (C=O) groups is 1. The zero-order chi connectivity index (χ0) is 22.1. The van der Waals surface area contributed by atoms with Crippen LogP contribution in [0.3, 0.4) is 0 Å². The molecule has 3 heterocycles. The first kappa shape index (κ1) is 21.4. The van der Waals surface area contributed by atoms with Gasteiger partial charge in [-0.3, -0.25) is 4.79 Å². The van der Waals surface area contributed by atoms with Crippen LogP contribution in [0.5, 0.6) is 0 Å². The van der Waals surface area contributed by atoms with E-state index in [2.05, 4.69) is 9.97 Å². The van der Waals surface area contributed by atoms with Crippen LogP contribution in [0.15, 0.2) is 58.7 Å². The van der Waals surface area contributed by atoms with Crippen LogP contribution < -0.4 is 4.90 Å². The molecule has 2 aliphatic rings. The summed E-state index contributed by atoms with van der Waals surface area (Å²) in [6.07, 6.45) is 5.07. The molecule has 166 valence electrons. The van der Waals surface area contributed by atoms with Gasteiger partial charge in [-0.1, -0.05) is 36.4 Å². The van der Waals surface area contributed by atoms with Crippen LogP contribution >= 0.6 is 11.8 Å². The van der Waals surface area contributed by atoms with Crippen LogP contribution in [0.25, 0.3) is 10.9 Å². The molecular weight excluding hydrogens is 444 g/mol. The first-order valence-electron chi connectivity index (χ1n) is 10.8. The van der Waals surface area contributed by atoms with Crippen molar-refractivity contribution in [3.63, 3.8) is 0 Å². The third-order valence-corrected chi connectivity index (χ3v) is 8.92. The highest BCUT2D eigenvalue weighted by atomic mass is 32.2. The van der Waals surface area contributed by atoms with Crippen molar-refractivity contribution in [3.8, 4) is 0 Å². The number of aromatic nitrogens is 2. The van der Waals surface area contributed by atoms with E-state index in [1.807, 2.05) is 24.3 Å². The lowest BCUT2D eigenvalue weighted by Crippen LogP contribution is -2.35. The number of nitrogens with zero attached hydrogens (tertiary/aromatic N) is 4. The number of amides is 1. The number of sulfonamides is 1. The fourth-order valence-corrected chi connectivity index (χ4v) is 6.79. The molecule has 1 fully saturated rings. The molecule has 2 aromatic carbocycles. The number of carbonyl (C=O) groups excluding carboxylic acids is 1. The quantitative estimate of drug-likeness (QED) is 0.421. The summed E-state index contributed by atoms with van der Waals surface area (Å²) in [4.78, 5) is 23.7. The average molecular weight is 469 g/mol. The molecule has 3 aromatic rings. The van der Waals surface area contributed by atoms with Gasteiger partial charge in [0.25, 0.3) is 0 Å². The van der Waals surface area contributed by atoms with Crippen LogP contribution in [0.1, 0.15) is 24.8 Å². The van der Waals surface area contributed by atoms with Crippen molar-refractivity contribution in [2.45, 2.75) is 35.6 Å². The molecule has 0 atom stereocenters. The second kappa shape index (κ2) is 8.80. The lowest BCUT2D eigenvalue weighted by Gasteiger charge is -2.26. The Morgan fingerprint density at radius 3 is 2.66 bits per heavy atom. The van der Waals surface area contributed by atoms with Gasteiger partial charge in [0, 0.05) is 30.7 Å². The molecule has 1 amide bonds. The normalized spacial score (nSPS) is 16.9. The first-order valence-corrected chi connectivity index (χ1v) is 13.2. The molecule has 0 N–H and O–H groups in total. The van der Waals surface area contributed by atoms with Crippen LogP contribution in [0.2, 0.25) is 0 Å². The summed E-state index contributed by atoms with van der Waals surface area (Å²) in [7, 11) is -3.48. The fraction of sp³-hybridized carbons (Fsp3) is 0.348. The first-order chi connectivity index (χ1) is 15.5. The van der Waals surface area contributed by atoms with E-state index in [4.69, 9.17) is 0 Å². The van der Waals surface area contributed by atoms with Crippen molar-refractivity contribution in [1.82, 2.24) is 14.3 Å². The van der Waals surface area contributed by atoms with Crippen molar-refractivity contribution in [2.75, 3.05) is 30.3 Å². The minimum Gasteiger partial charge on any atom is -0.311 e.